The fourth-order valence-corrected chi connectivity index (χ4v) is 4.69. The van der Waals surface area contributed by atoms with Crippen LogP contribution in [0.25, 0.3) is 0 Å². The lowest BCUT2D eigenvalue weighted by molar-refractivity contribution is 0.179. The number of rotatable bonds is 2. The number of hydrogen-bond acceptors (Lipinski definition) is 5. The molecule has 2 saturated heterocycles. The molecular formula is C13H19N3O4S. The van der Waals surface area contributed by atoms with Gasteiger partial charge < -0.3 is 14.7 Å². The van der Waals surface area contributed by atoms with Crippen molar-refractivity contribution in [3.8, 4) is 0 Å². The van der Waals surface area contributed by atoms with Crippen LogP contribution >= 0.6 is 0 Å². The van der Waals surface area contributed by atoms with Crippen molar-refractivity contribution < 1.29 is 17.7 Å². The normalized spacial score (nSPS) is 28.0. The number of amides is 2. The molecule has 116 valence electrons. The third-order valence-electron chi connectivity index (χ3n) is 4.05. The summed E-state index contributed by atoms with van der Waals surface area (Å²) in [5.74, 6) is 0.889. The summed E-state index contributed by atoms with van der Waals surface area (Å²) in [6.07, 6.45) is 2.24. The predicted octanol–water partition coefficient (Wildman–Crippen LogP) is 1.02. The first kappa shape index (κ1) is 14.4. The maximum Gasteiger partial charge on any atom is 0.318 e. The van der Waals surface area contributed by atoms with E-state index < -0.39 is 9.84 Å². The molecule has 0 spiro atoms. The Hall–Kier alpha value is -1.57. The lowest BCUT2D eigenvalue weighted by Crippen LogP contribution is -2.44. The maximum atomic E-state index is 12.4. The molecular weight excluding hydrogens is 294 g/mol. The monoisotopic (exact) mass is 313 g/mol. The predicted molar refractivity (Wildman–Crippen MR) is 75.5 cm³/mol. The fraction of sp³-hybridized carbons (Fsp3) is 0.692. The van der Waals surface area contributed by atoms with Gasteiger partial charge in [-0.25, -0.2) is 13.2 Å². The molecule has 21 heavy (non-hydrogen) atoms. The fourth-order valence-electron chi connectivity index (χ4n) is 3.01. The van der Waals surface area contributed by atoms with Crippen molar-refractivity contribution in [2.24, 2.45) is 0 Å². The Bertz CT molecular complexity index is 640. The second-order valence-electron chi connectivity index (χ2n) is 5.77. The molecule has 2 atom stereocenters. The summed E-state index contributed by atoms with van der Waals surface area (Å²) in [4.78, 5) is 14.1. The van der Waals surface area contributed by atoms with Crippen LogP contribution in [0.3, 0.4) is 0 Å². The Balaban J connectivity index is 1.66. The van der Waals surface area contributed by atoms with E-state index in [4.69, 9.17) is 4.52 Å². The van der Waals surface area contributed by atoms with Crippen LogP contribution in [-0.4, -0.2) is 48.6 Å². The van der Waals surface area contributed by atoms with Crippen molar-refractivity contribution in [2.45, 2.75) is 38.3 Å². The van der Waals surface area contributed by atoms with Gasteiger partial charge in [0.2, 0.25) is 0 Å². The van der Waals surface area contributed by atoms with Crippen molar-refractivity contribution in [3.63, 3.8) is 0 Å². The second kappa shape index (κ2) is 5.32. The first-order valence-electron chi connectivity index (χ1n) is 7.15. The second-order valence-corrected chi connectivity index (χ2v) is 8.00. The van der Waals surface area contributed by atoms with E-state index in [2.05, 4.69) is 10.5 Å². The molecule has 0 saturated carbocycles. The van der Waals surface area contributed by atoms with Crippen molar-refractivity contribution in [2.75, 3.05) is 18.1 Å². The number of carbonyl (C=O) groups excluding carboxylic acids is 1. The average Bonchev–Trinajstić information content (AvgIpc) is 3.09. The summed E-state index contributed by atoms with van der Waals surface area (Å²) in [5, 5.41) is 6.69. The van der Waals surface area contributed by atoms with Gasteiger partial charge in [-0.15, -0.1) is 0 Å². The highest BCUT2D eigenvalue weighted by Crippen LogP contribution is 2.32. The summed E-state index contributed by atoms with van der Waals surface area (Å²) in [5.41, 5.74) is 0.791. The summed E-state index contributed by atoms with van der Waals surface area (Å²) >= 11 is 0. The van der Waals surface area contributed by atoms with E-state index in [0.29, 0.717) is 18.7 Å². The zero-order valence-electron chi connectivity index (χ0n) is 11.9. The van der Waals surface area contributed by atoms with Crippen molar-refractivity contribution in [3.05, 3.63) is 17.5 Å². The molecule has 8 heteroatoms. The van der Waals surface area contributed by atoms with Gasteiger partial charge in [-0.2, -0.15) is 0 Å². The van der Waals surface area contributed by atoms with E-state index >= 15 is 0 Å². The van der Waals surface area contributed by atoms with Crippen LogP contribution in [0.5, 0.6) is 0 Å². The summed E-state index contributed by atoms with van der Waals surface area (Å²) < 4.78 is 28.2. The molecule has 1 aromatic heterocycles. The largest absolute Gasteiger partial charge is 0.359 e. The van der Waals surface area contributed by atoms with Gasteiger partial charge in [-0.1, -0.05) is 5.16 Å². The summed E-state index contributed by atoms with van der Waals surface area (Å²) in [7, 11) is -2.99. The first-order valence-corrected chi connectivity index (χ1v) is 8.97. The molecule has 7 nitrogen and oxygen atoms in total. The molecule has 2 aliphatic rings. The Morgan fingerprint density at radius 3 is 2.90 bits per heavy atom. The van der Waals surface area contributed by atoms with E-state index in [1.165, 1.54) is 0 Å². The SMILES string of the molecule is Cc1cc([C@@H]2CCCN2C(=O)N[C@H]2CCS(=O)(=O)C2)on1. The highest BCUT2D eigenvalue weighted by molar-refractivity contribution is 7.91. The molecule has 3 heterocycles. The minimum absolute atomic E-state index is 0.0403. The molecule has 1 N–H and O–H groups in total. The molecule has 2 fully saturated rings. The smallest absolute Gasteiger partial charge is 0.318 e. The molecule has 0 unspecified atom stereocenters. The molecule has 1 aromatic rings. The lowest BCUT2D eigenvalue weighted by Gasteiger charge is -2.24. The van der Waals surface area contributed by atoms with Gasteiger partial charge in [0.1, 0.15) is 0 Å². The van der Waals surface area contributed by atoms with Gasteiger partial charge in [-0.3, -0.25) is 0 Å². The van der Waals surface area contributed by atoms with E-state index in [-0.39, 0.29) is 29.6 Å². The van der Waals surface area contributed by atoms with Gasteiger partial charge >= 0.3 is 6.03 Å². The van der Waals surface area contributed by atoms with Gasteiger partial charge in [-0.05, 0) is 26.2 Å². The van der Waals surface area contributed by atoms with Gasteiger partial charge in [0.25, 0.3) is 0 Å². The van der Waals surface area contributed by atoms with Crippen LogP contribution in [0.4, 0.5) is 4.79 Å². The number of nitrogens with zero attached hydrogens (tertiary/aromatic N) is 2. The zero-order valence-corrected chi connectivity index (χ0v) is 12.7. The van der Waals surface area contributed by atoms with Crippen LogP contribution in [0, 0.1) is 6.92 Å². The molecule has 0 bridgehead atoms. The number of carbonyl (C=O) groups is 1. The van der Waals surface area contributed by atoms with Crippen LogP contribution in [-0.2, 0) is 9.84 Å². The van der Waals surface area contributed by atoms with Crippen molar-refractivity contribution >= 4 is 15.9 Å². The zero-order chi connectivity index (χ0) is 15.0. The number of likely N-dealkylation sites (tertiary alicyclic amines) is 1. The maximum absolute atomic E-state index is 12.4. The van der Waals surface area contributed by atoms with E-state index in [9.17, 15) is 13.2 Å². The molecule has 2 aliphatic heterocycles. The van der Waals surface area contributed by atoms with Crippen LogP contribution in [0.15, 0.2) is 10.6 Å². The van der Waals surface area contributed by atoms with Crippen LogP contribution < -0.4 is 5.32 Å². The Morgan fingerprint density at radius 2 is 2.29 bits per heavy atom. The molecule has 0 aromatic carbocycles. The third-order valence-corrected chi connectivity index (χ3v) is 5.82. The minimum Gasteiger partial charge on any atom is -0.359 e. The summed E-state index contributed by atoms with van der Waals surface area (Å²) in [6.45, 7) is 2.49. The molecule has 3 rings (SSSR count). The topological polar surface area (TPSA) is 92.5 Å². The highest BCUT2D eigenvalue weighted by atomic mass is 32.2. The van der Waals surface area contributed by atoms with Gasteiger partial charge in [0.05, 0.1) is 23.2 Å². The standard InChI is InChI=1S/C13H19N3O4S/c1-9-7-12(20-15-9)11-3-2-5-16(11)13(17)14-10-4-6-21(18,19)8-10/h7,10-11H,2-6,8H2,1H3,(H,14,17)/t10-,11-/m0/s1. The number of nitrogens with one attached hydrogen (secondary N) is 1. The average molecular weight is 313 g/mol. The molecule has 2 amide bonds. The first-order chi connectivity index (χ1) is 9.94. The Morgan fingerprint density at radius 1 is 1.48 bits per heavy atom. The van der Waals surface area contributed by atoms with E-state index in [0.717, 1.165) is 18.5 Å². The number of urea groups is 1. The number of aromatic nitrogens is 1. The van der Waals surface area contributed by atoms with Crippen LogP contribution in [0.1, 0.15) is 36.8 Å². The van der Waals surface area contributed by atoms with E-state index in [1.807, 2.05) is 13.0 Å². The third kappa shape index (κ3) is 3.04. The lowest BCUT2D eigenvalue weighted by atomic mass is 10.1. The quantitative estimate of drug-likeness (QED) is 0.880. The number of sulfone groups is 1. The highest BCUT2D eigenvalue weighted by Gasteiger charge is 2.35. The molecule has 0 aliphatic carbocycles. The molecule has 0 radical (unpaired) electrons. The van der Waals surface area contributed by atoms with Gasteiger partial charge in [0, 0.05) is 18.7 Å². The Kier molecular flexibility index (Phi) is 3.64. The van der Waals surface area contributed by atoms with E-state index in [1.54, 1.807) is 4.90 Å². The summed E-state index contributed by atoms with van der Waals surface area (Å²) in [6, 6.07) is 1.24. The van der Waals surface area contributed by atoms with Crippen LogP contribution in [0.2, 0.25) is 0 Å². The Labute approximate surface area is 123 Å². The number of aryl methyl sites for hydroxylation is 1. The number of hydrogen-bond donors (Lipinski definition) is 1. The van der Waals surface area contributed by atoms with Crippen molar-refractivity contribution in [1.29, 1.82) is 0 Å². The van der Waals surface area contributed by atoms with Crippen molar-refractivity contribution in [1.82, 2.24) is 15.4 Å². The minimum atomic E-state index is -2.99. The van der Waals surface area contributed by atoms with Gasteiger partial charge in [0.15, 0.2) is 15.6 Å².